The zero-order valence-corrected chi connectivity index (χ0v) is 21.1. The number of aryl methyl sites for hydroxylation is 1. The van der Waals surface area contributed by atoms with E-state index >= 15 is 0 Å². The van der Waals surface area contributed by atoms with Crippen LogP contribution in [-0.2, 0) is 6.54 Å². The molecule has 5 heteroatoms. The molecule has 1 fully saturated rings. The Labute approximate surface area is 198 Å². The van der Waals surface area contributed by atoms with Gasteiger partial charge in [0.1, 0.15) is 0 Å². The first-order valence-corrected chi connectivity index (χ1v) is 13.0. The van der Waals surface area contributed by atoms with Gasteiger partial charge in [0.15, 0.2) is 0 Å². The second kappa shape index (κ2) is 9.86. The molecule has 0 radical (unpaired) electrons. The molecule has 0 bridgehead atoms. The molecule has 1 saturated carbocycles. The first-order valence-electron chi connectivity index (χ1n) is 12.1. The molecule has 1 aromatic carbocycles. The average Bonchev–Trinajstić information content (AvgIpc) is 3.25. The fourth-order valence-corrected chi connectivity index (χ4v) is 6.04. The number of nitrogens with one attached hydrogen (secondary N) is 1. The summed E-state index contributed by atoms with van der Waals surface area (Å²) >= 11 is 1.92. The van der Waals surface area contributed by atoms with E-state index in [0.717, 1.165) is 29.7 Å². The Morgan fingerprint density at radius 2 is 1.94 bits per heavy atom. The lowest BCUT2D eigenvalue weighted by atomic mass is 9.85. The van der Waals surface area contributed by atoms with Crippen molar-refractivity contribution in [3.05, 3.63) is 53.2 Å². The van der Waals surface area contributed by atoms with Crippen molar-refractivity contribution in [2.24, 2.45) is 11.3 Å². The van der Waals surface area contributed by atoms with Crippen molar-refractivity contribution >= 4 is 17.7 Å². The van der Waals surface area contributed by atoms with Crippen LogP contribution in [0.5, 0.6) is 0 Å². The Balaban J connectivity index is 1.46. The smallest absolute Gasteiger partial charge is 0.223 e. The Morgan fingerprint density at radius 3 is 2.66 bits per heavy atom. The lowest BCUT2D eigenvalue weighted by Gasteiger charge is -2.35. The summed E-state index contributed by atoms with van der Waals surface area (Å²) in [6, 6.07) is 9.17. The van der Waals surface area contributed by atoms with Gasteiger partial charge < -0.3 is 10.2 Å². The third-order valence-electron chi connectivity index (χ3n) is 6.86. The number of benzene rings is 1. The summed E-state index contributed by atoms with van der Waals surface area (Å²) in [5, 5.41) is 6.28. The van der Waals surface area contributed by atoms with Crippen LogP contribution in [0.4, 0.5) is 5.95 Å². The van der Waals surface area contributed by atoms with Gasteiger partial charge in [-0.25, -0.2) is 9.97 Å². The Bertz CT molecular complexity index is 943. The Morgan fingerprint density at radius 1 is 1.16 bits per heavy atom. The number of anilines is 1. The van der Waals surface area contributed by atoms with E-state index in [4.69, 9.17) is 4.98 Å². The normalized spacial score (nSPS) is 20.5. The molecule has 1 N–H and O–H groups in total. The molecule has 2 heterocycles. The van der Waals surface area contributed by atoms with Crippen molar-refractivity contribution in [3.8, 4) is 11.3 Å². The molecule has 172 valence electrons. The Hall–Kier alpha value is -2.01. The van der Waals surface area contributed by atoms with Crippen molar-refractivity contribution in [3.63, 3.8) is 0 Å². The predicted molar refractivity (Wildman–Crippen MR) is 137 cm³/mol. The van der Waals surface area contributed by atoms with Gasteiger partial charge in [0, 0.05) is 30.5 Å². The van der Waals surface area contributed by atoms with E-state index in [1.165, 1.54) is 43.2 Å². The summed E-state index contributed by atoms with van der Waals surface area (Å²) < 4.78 is 0. The number of hydrogen-bond acceptors (Lipinski definition) is 5. The SMILES string of the molecule is Cc1cc(-c2ccnc(NC(C)C3CCCCC3)n2)ccc1CN1C=CS[C@H]1C(C)(C)C. The number of rotatable bonds is 6. The van der Waals surface area contributed by atoms with Gasteiger partial charge in [-0.15, -0.1) is 11.8 Å². The molecule has 4 nitrogen and oxygen atoms in total. The van der Waals surface area contributed by atoms with Crippen molar-refractivity contribution < 1.29 is 0 Å². The second-order valence-electron chi connectivity index (χ2n) is 10.5. The van der Waals surface area contributed by atoms with Crippen molar-refractivity contribution in [2.75, 3.05) is 5.32 Å². The number of thioether (sulfide) groups is 1. The quantitative estimate of drug-likeness (QED) is 0.503. The molecule has 2 atom stereocenters. The van der Waals surface area contributed by atoms with Crippen molar-refractivity contribution in [1.29, 1.82) is 0 Å². The van der Waals surface area contributed by atoms with Gasteiger partial charge in [0.25, 0.3) is 0 Å². The van der Waals surface area contributed by atoms with Gasteiger partial charge >= 0.3 is 0 Å². The van der Waals surface area contributed by atoms with E-state index in [1.807, 2.05) is 24.0 Å². The number of aromatic nitrogens is 2. The summed E-state index contributed by atoms with van der Waals surface area (Å²) in [4.78, 5) is 11.8. The molecule has 2 aromatic rings. The molecule has 32 heavy (non-hydrogen) atoms. The van der Waals surface area contributed by atoms with E-state index in [0.29, 0.717) is 11.4 Å². The van der Waals surface area contributed by atoms with Crippen LogP contribution >= 0.6 is 11.8 Å². The van der Waals surface area contributed by atoms with Crippen LogP contribution < -0.4 is 5.32 Å². The molecule has 1 aliphatic carbocycles. The lowest BCUT2D eigenvalue weighted by molar-refractivity contribution is 0.220. The van der Waals surface area contributed by atoms with Crippen LogP contribution in [0, 0.1) is 18.3 Å². The third kappa shape index (κ3) is 5.48. The van der Waals surface area contributed by atoms with Crippen molar-refractivity contribution in [1.82, 2.24) is 14.9 Å². The van der Waals surface area contributed by atoms with E-state index < -0.39 is 0 Å². The van der Waals surface area contributed by atoms with Crippen molar-refractivity contribution in [2.45, 2.75) is 84.7 Å². The molecule has 4 rings (SSSR count). The third-order valence-corrected chi connectivity index (χ3v) is 8.38. The first-order chi connectivity index (χ1) is 15.3. The Kier molecular flexibility index (Phi) is 7.14. The van der Waals surface area contributed by atoms with Gasteiger partial charge in [0.2, 0.25) is 5.95 Å². The second-order valence-corrected chi connectivity index (χ2v) is 11.5. The summed E-state index contributed by atoms with van der Waals surface area (Å²) in [6.07, 6.45) is 10.8. The van der Waals surface area contributed by atoms with Crippen LogP contribution in [0.25, 0.3) is 11.3 Å². The minimum atomic E-state index is 0.237. The highest BCUT2D eigenvalue weighted by Crippen LogP contribution is 2.39. The molecule has 0 amide bonds. The van der Waals surface area contributed by atoms with E-state index in [-0.39, 0.29) is 5.41 Å². The van der Waals surface area contributed by atoms with E-state index in [9.17, 15) is 0 Å². The van der Waals surface area contributed by atoms with Crippen LogP contribution in [0.15, 0.2) is 42.1 Å². The van der Waals surface area contributed by atoms with E-state index in [2.05, 4.69) is 79.6 Å². The monoisotopic (exact) mass is 450 g/mol. The standard InChI is InChI=1S/C27H38N4S/c1-19-17-22(11-12-23(19)18-31-15-16-32-25(31)27(3,4)5)24-13-14-28-26(30-24)29-20(2)21-9-7-6-8-10-21/h11-17,20-21,25H,6-10,18H2,1-5H3,(H,28,29,30)/t20?,25-/m0/s1. The molecule has 0 saturated heterocycles. The number of hydrogen-bond donors (Lipinski definition) is 1. The molecular weight excluding hydrogens is 412 g/mol. The average molecular weight is 451 g/mol. The molecule has 2 aliphatic rings. The maximum Gasteiger partial charge on any atom is 0.223 e. The van der Waals surface area contributed by atoms with Crippen LogP contribution in [0.3, 0.4) is 0 Å². The number of nitrogens with zero attached hydrogens (tertiary/aromatic N) is 3. The summed E-state index contributed by atoms with van der Waals surface area (Å²) in [5.41, 5.74) is 5.05. The highest BCUT2D eigenvalue weighted by atomic mass is 32.2. The van der Waals surface area contributed by atoms with Crippen LogP contribution in [0.2, 0.25) is 0 Å². The fourth-order valence-electron chi connectivity index (χ4n) is 4.96. The highest BCUT2D eigenvalue weighted by molar-refractivity contribution is 8.02. The van der Waals surface area contributed by atoms with Gasteiger partial charge in [-0.2, -0.15) is 0 Å². The topological polar surface area (TPSA) is 41.1 Å². The van der Waals surface area contributed by atoms with Gasteiger partial charge in [0.05, 0.1) is 11.1 Å². The van der Waals surface area contributed by atoms with Gasteiger partial charge in [-0.05, 0) is 66.7 Å². The minimum absolute atomic E-state index is 0.237. The summed E-state index contributed by atoms with van der Waals surface area (Å²) in [6.45, 7) is 12.4. The fraction of sp³-hybridized carbons (Fsp3) is 0.556. The maximum absolute atomic E-state index is 4.85. The molecule has 1 unspecified atom stereocenters. The first kappa shape index (κ1) is 23.2. The van der Waals surface area contributed by atoms with Crippen LogP contribution in [0.1, 0.15) is 70.9 Å². The van der Waals surface area contributed by atoms with Crippen LogP contribution in [-0.4, -0.2) is 26.3 Å². The maximum atomic E-state index is 4.85. The summed E-state index contributed by atoms with van der Waals surface area (Å²) in [7, 11) is 0. The zero-order chi connectivity index (χ0) is 22.7. The largest absolute Gasteiger partial charge is 0.360 e. The van der Waals surface area contributed by atoms with Gasteiger partial charge in [-0.1, -0.05) is 52.2 Å². The van der Waals surface area contributed by atoms with Gasteiger partial charge in [-0.3, -0.25) is 0 Å². The predicted octanol–water partition coefficient (Wildman–Crippen LogP) is 7.22. The minimum Gasteiger partial charge on any atom is -0.360 e. The zero-order valence-electron chi connectivity index (χ0n) is 20.3. The summed E-state index contributed by atoms with van der Waals surface area (Å²) in [5.74, 6) is 1.47. The highest BCUT2D eigenvalue weighted by Gasteiger charge is 2.31. The molecular formula is C27H38N4S. The van der Waals surface area contributed by atoms with E-state index in [1.54, 1.807) is 0 Å². The lowest BCUT2D eigenvalue weighted by Crippen LogP contribution is -2.35. The molecule has 0 spiro atoms. The molecule has 1 aromatic heterocycles. The molecule has 1 aliphatic heterocycles.